The second kappa shape index (κ2) is 8.11. The first kappa shape index (κ1) is 19.4. The lowest BCUT2D eigenvalue weighted by atomic mass is 9.99. The normalized spacial score (nSPS) is 12.7. The topological polar surface area (TPSA) is 57.0 Å². The molecule has 3 aromatic rings. The first-order valence-electron chi connectivity index (χ1n) is 9.19. The Labute approximate surface area is 169 Å². The van der Waals surface area contributed by atoms with E-state index in [-0.39, 0.29) is 6.04 Å². The maximum absolute atomic E-state index is 6.57. The molecule has 0 aliphatic heterocycles. The lowest BCUT2D eigenvalue weighted by Crippen LogP contribution is -2.28. The van der Waals surface area contributed by atoms with Gasteiger partial charge in [-0.1, -0.05) is 24.3 Å². The summed E-state index contributed by atoms with van der Waals surface area (Å²) in [7, 11) is 0. The number of hydrogen-bond donors (Lipinski definition) is 2. The number of hydrogen-bond acceptors (Lipinski definition) is 2. The van der Waals surface area contributed by atoms with Crippen molar-refractivity contribution >= 4 is 33.5 Å². The minimum atomic E-state index is 0.0779. The van der Waals surface area contributed by atoms with Crippen LogP contribution in [0.25, 0.3) is 10.9 Å². The van der Waals surface area contributed by atoms with Gasteiger partial charge in [0.25, 0.3) is 0 Å². The fourth-order valence-electron chi connectivity index (χ4n) is 3.78. The van der Waals surface area contributed by atoms with E-state index in [1.54, 1.807) is 0 Å². The van der Waals surface area contributed by atoms with Crippen LogP contribution in [0, 0.1) is 24.3 Å². The van der Waals surface area contributed by atoms with Gasteiger partial charge in [0.05, 0.1) is 5.52 Å². The molecule has 1 aromatic heterocycles. The predicted octanol–water partition coefficient (Wildman–Crippen LogP) is 4.24. The highest BCUT2D eigenvalue weighted by molar-refractivity contribution is 14.1. The zero-order valence-corrected chi connectivity index (χ0v) is 18.0. The quantitative estimate of drug-likeness (QED) is 0.540. The van der Waals surface area contributed by atoms with Crippen LogP contribution < -0.4 is 11.5 Å². The summed E-state index contributed by atoms with van der Waals surface area (Å²) in [6, 6.07) is 11.1. The zero-order valence-electron chi connectivity index (χ0n) is 15.8. The van der Waals surface area contributed by atoms with Crippen LogP contribution in [0.3, 0.4) is 0 Å². The number of aromatic nitrogens is 1. The van der Waals surface area contributed by atoms with E-state index in [1.165, 1.54) is 42.3 Å². The van der Waals surface area contributed by atoms with Gasteiger partial charge in [-0.15, -0.1) is 0 Å². The SMILES string of the molecule is Cc1cc(CC(N)Cn2cc(CCN)c3cccc(C)c32)c(C)cc1I. The summed E-state index contributed by atoms with van der Waals surface area (Å²) >= 11 is 2.40. The highest BCUT2D eigenvalue weighted by Crippen LogP contribution is 2.26. The van der Waals surface area contributed by atoms with E-state index in [0.717, 1.165) is 19.4 Å². The Morgan fingerprint density at radius 3 is 2.54 bits per heavy atom. The van der Waals surface area contributed by atoms with Gasteiger partial charge in [-0.2, -0.15) is 0 Å². The first-order chi connectivity index (χ1) is 12.4. The molecule has 3 nitrogen and oxygen atoms in total. The van der Waals surface area contributed by atoms with Crippen LogP contribution in [0.5, 0.6) is 0 Å². The lowest BCUT2D eigenvalue weighted by molar-refractivity contribution is 0.559. The summed E-state index contributed by atoms with van der Waals surface area (Å²) in [6.45, 7) is 8.00. The monoisotopic (exact) mass is 461 g/mol. The maximum atomic E-state index is 6.57. The summed E-state index contributed by atoms with van der Waals surface area (Å²) in [5.41, 5.74) is 20.3. The number of halogens is 1. The van der Waals surface area contributed by atoms with E-state index in [1.807, 2.05) is 0 Å². The lowest BCUT2D eigenvalue weighted by Gasteiger charge is -2.17. The smallest absolute Gasteiger partial charge is 0.0513 e. The van der Waals surface area contributed by atoms with Crippen molar-refractivity contribution in [3.63, 3.8) is 0 Å². The molecule has 0 spiro atoms. The molecule has 1 atom stereocenters. The molecule has 0 aliphatic rings. The van der Waals surface area contributed by atoms with Crippen LogP contribution in [-0.2, 0) is 19.4 Å². The molecule has 0 aliphatic carbocycles. The third-order valence-corrected chi connectivity index (χ3v) is 6.29. The molecule has 0 radical (unpaired) electrons. The highest BCUT2D eigenvalue weighted by Gasteiger charge is 2.14. The molecule has 1 unspecified atom stereocenters. The van der Waals surface area contributed by atoms with E-state index >= 15 is 0 Å². The summed E-state index contributed by atoms with van der Waals surface area (Å²) in [5, 5.41) is 1.31. The Morgan fingerprint density at radius 1 is 1.04 bits per heavy atom. The molecule has 2 aromatic carbocycles. The van der Waals surface area contributed by atoms with Crippen LogP contribution in [0.2, 0.25) is 0 Å². The van der Waals surface area contributed by atoms with Gasteiger partial charge in [-0.3, -0.25) is 0 Å². The van der Waals surface area contributed by atoms with Crippen molar-refractivity contribution in [2.45, 2.75) is 46.2 Å². The molecule has 0 saturated heterocycles. The molecule has 4 N–H and O–H groups in total. The van der Waals surface area contributed by atoms with Crippen molar-refractivity contribution in [3.05, 3.63) is 67.9 Å². The first-order valence-corrected chi connectivity index (χ1v) is 10.3. The van der Waals surface area contributed by atoms with Gasteiger partial charge in [0.1, 0.15) is 0 Å². The van der Waals surface area contributed by atoms with Gasteiger partial charge in [0.2, 0.25) is 0 Å². The minimum absolute atomic E-state index is 0.0779. The summed E-state index contributed by atoms with van der Waals surface area (Å²) in [5.74, 6) is 0. The van der Waals surface area contributed by atoms with Gasteiger partial charge in [0.15, 0.2) is 0 Å². The van der Waals surface area contributed by atoms with Crippen molar-refractivity contribution in [2.75, 3.05) is 6.54 Å². The molecule has 1 heterocycles. The van der Waals surface area contributed by atoms with Crippen LogP contribution in [0.15, 0.2) is 36.5 Å². The third kappa shape index (κ3) is 3.97. The molecule has 26 heavy (non-hydrogen) atoms. The molecule has 0 bridgehead atoms. The predicted molar refractivity (Wildman–Crippen MR) is 120 cm³/mol. The Bertz CT molecular complexity index is 927. The number of aryl methyl sites for hydroxylation is 3. The van der Waals surface area contributed by atoms with E-state index in [9.17, 15) is 0 Å². The fraction of sp³-hybridized carbons (Fsp3) is 0.364. The van der Waals surface area contributed by atoms with E-state index in [0.29, 0.717) is 6.54 Å². The van der Waals surface area contributed by atoms with Crippen LogP contribution >= 0.6 is 22.6 Å². The van der Waals surface area contributed by atoms with Crippen molar-refractivity contribution in [3.8, 4) is 0 Å². The Balaban J connectivity index is 1.88. The molecule has 4 heteroatoms. The van der Waals surface area contributed by atoms with Crippen LogP contribution in [0.4, 0.5) is 0 Å². The molecule has 0 saturated carbocycles. The van der Waals surface area contributed by atoms with Crippen molar-refractivity contribution in [1.29, 1.82) is 0 Å². The molecular formula is C22H28IN3. The summed E-state index contributed by atoms with van der Waals surface area (Å²) < 4.78 is 3.64. The van der Waals surface area contributed by atoms with Gasteiger partial charge in [-0.25, -0.2) is 0 Å². The average Bonchev–Trinajstić information content (AvgIpc) is 2.92. The molecular weight excluding hydrogens is 433 g/mol. The maximum Gasteiger partial charge on any atom is 0.0513 e. The third-order valence-electron chi connectivity index (χ3n) is 5.13. The number of rotatable bonds is 6. The molecule has 0 fully saturated rings. The summed E-state index contributed by atoms with van der Waals surface area (Å²) in [6.07, 6.45) is 4.04. The number of nitrogens with two attached hydrogens (primary N) is 2. The number of fused-ring (bicyclic) bond motifs is 1. The number of nitrogens with zero attached hydrogens (tertiary/aromatic N) is 1. The molecule has 0 amide bonds. The van der Waals surface area contributed by atoms with E-state index < -0.39 is 0 Å². The van der Waals surface area contributed by atoms with Crippen LogP contribution in [0.1, 0.15) is 27.8 Å². The Kier molecular flexibility index (Phi) is 6.05. The minimum Gasteiger partial charge on any atom is -0.345 e. The average molecular weight is 461 g/mol. The van der Waals surface area contributed by atoms with Gasteiger partial charge < -0.3 is 16.0 Å². The van der Waals surface area contributed by atoms with Crippen LogP contribution in [-0.4, -0.2) is 17.2 Å². The largest absolute Gasteiger partial charge is 0.345 e. The van der Waals surface area contributed by atoms with Gasteiger partial charge in [-0.05, 0) is 96.6 Å². The van der Waals surface area contributed by atoms with Crippen molar-refractivity contribution < 1.29 is 0 Å². The zero-order chi connectivity index (χ0) is 18.8. The van der Waals surface area contributed by atoms with Gasteiger partial charge in [0, 0.05) is 27.7 Å². The second-order valence-electron chi connectivity index (χ2n) is 7.31. The van der Waals surface area contributed by atoms with E-state index in [4.69, 9.17) is 11.5 Å². The Hall–Kier alpha value is -1.37. The standard InChI is InChI=1S/C22H28IN3/c1-14-5-4-6-20-17(7-8-24)12-26(22(14)20)13-19(25)11-18-9-16(3)21(23)10-15(18)2/h4-6,9-10,12,19H,7-8,11,13,24-25H2,1-3H3. The summed E-state index contributed by atoms with van der Waals surface area (Å²) in [4.78, 5) is 0. The van der Waals surface area contributed by atoms with Gasteiger partial charge >= 0.3 is 0 Å². The fourth-order valence-corrected chi connectivity index (χ4v) is 4.40. The van der Waals surface area contributed by atoms with E-state index in [2.05, 4.69) is 84.5 Å². The van der Waals surface area contributed by atoms with Crippen molar-refractivity contribution in [2.24, 2.45) is 11.5 Å². The number of benzene rings is 2. The molecule has 138 valence electrons. The van der Waals surface area contributed by atoms with Crippen molar-refractivity contribution in [1.82, 2.24) is 4.57 Å². The second-order valence-corrected chi connectivity index (χ2v) is 8.47. The Morgan fingerprint density at radius 2 is 1.81 bits per heavy atom. The molecule has 3 rings (SSSR count). The highest BCUT2D eigenvalue weighted by atomic mass is 127. The number of para-hydroxylation sites is 1.